The number of rotatable bonds is 6. The van der Waals surface area contributed by atoms with Gasteiger partial charge in [-0.05, 0) is 60.4 Å². The smallest absolute Gasteiger partial charge is 0.161 e. The molecule has 0 spiro atoms. The van der Waals surface area contributed by atoms with Crippen LogP contribution in [0.4, 0.5) is 0 Å². The number of hydrogen-bond donors (Lipinski definition) is 0. The lowest BCUT2D eigenvalue weighted by atomic mass is 10.0. The van der Waals surface area contributed by atoms with E-state index in [0.717, 1.165) is 78.5 Å². The van der Waals surface area contributed by atoms with E-state index in [1.165, 1.54) is 31.2 Å². The van der Waals surface area contributed by atoms with Crippen LogP contribution in [-0.4, -0.2) is 65.0 Å². The monoisotopic (exact) mass is 510 g/mol. The van der Waals surface area contributed by atoms with Crippen molar-refractivity contribution in [2.75, 3.05) is 39.4 Å². The maximum Gasteiger partial charge on any atom is 0.161 e. The first kappa shape index (κ1) is 23.6. The number of fused-ring (bicyclic) bond motifs is 1. The van der Waals surface area contributed by atoms with Gasteiger partial charge in [0.05, 0.1) is 18.1 Å². The predicted octanol–water partition coefficient (Wildman–Crippen LogP) is 5.63. The summed E-state index contributed by atoms with van der Waals surface area (Å²) in [6.45, 7) is 6.59. The standard InChI is InChI=1S/C31H34N4O3/c1-2-5-26(4-1)34-15-13-33(14-16-34)22-25-21-32-35(31(25)29-6-3-17-36-29)27-10-7-23(8-11-27)24-9-12-28-30(20-24)38-19-18-37-28/h3,6-12,17,20-21,26H,1-2,4-5,13-16,18-19,22H2. The molecule has 2 aliphatic heterocycles. The van der Waals surface area contributed by atoms with E-state index < -0.39 is 0 Å². The first-order valence-corrected chi connectivity index (χ1v) is 13.9. The molecular formula is C31H34N4O3. The van der Waals surface area contributed by atoms with Crippen molar-refractivity contribution in [3.05, 3.63) is 72.6 Å². The van der Waals surface area contributed by atoms with E-state index >= 15 is 0 Å². The molecule has 2 aromatic heterocycles. The summed E-state index contributed by atoms with van der Waals surface area (Å²) in [4.78, 5) is 5.27. The molecule has 7 heteroatoms. The highest BCUT2D eigenvalue weighted by atomic mass is 16.6. The Morgan fingerprint density at radius 2 is 1.58 bits per heavy atom. The van der Waals surface area contributed by atoms with Gasteiger partial charge < -0.3 is 13.9 Å². The van der Waals surface area contributed by atoms with Gasteiger partial charge in [0.1, 0.15) is 18.9 Å². The summed E-state index contributed by atoms with van der Waals surface area (Å²) < 4.78 is 19.3. The Morgan fingerprint density at radius 1 is 0.816 bits per heavy atom. The van der Waals surface area contributed by atoms with Crippen LogP contribution in [0.5, 0.6) is 11.5 Å². The Labute approximate surface area is 223 Å². The van der Waals surface area contributed by atoms with Crippen LogP contribution in [-0.2, 0) is 6.54 Å². The molecule has 3 aliphatic rings. The SMILES string of the molecule is c1coc(-c2c(CN3CCN(C4CCCC4)CC3)cnn2-c2ccc(-c3ccc4c(c3)OCCO4)cc2)c1. The van der Waals surface area contributed by atoms with Gasteiger partial charge in [-0.2, -0.15) is 5.10 Å². The van der Waals surface area contributed by atoms with Crippen LogP contribution < -0.4 is 9.47 Å². The lowest BCUT2D eigenvalue weighted by molar-refractivity contribution is 0.0938. The van der Waals surface area contributed by atoms with Crippen molar-refractivity contribution in [2.24, 2.45) is 0 Å². The second-order valence-corrected chi connectivity index (χ2v) is 10.6. The van der Waals surface area contributed by atoms with E-state index in [9.17, 15) is 0 Å². The average Bonchev–Trinajstić information content (AvgIpc) is 3.76. The van der Waals surface area contributed by atoms with E-state index in [2.05, 4.69) is 46.2 Å². The minimum atomic E-state index is 0.586. The third-order valence-corrected chi connectivity index (χ3v) is 8.23. The Balaban J connectivity index is 1.12. The molecule has 38 heavy (non-hydrogen) atoms. The van der Waals surface area contributed by atoms with E-state index in [1.54, 1.807) is 6.26 Å². The minimum absolute atomic E-state index is 0.586. The molecule has 0 radical (unpaired) electrons. The molecule has 2 aromatic carbocycles. The molecule has 196 valence electrons. The molecule has 0 amide bonds. The fraction of sp³-hybridized carbons (Fsp3) is 0.387. The van der Waals surface area contributed by atoms with Crippen molar-refractivity contribution < 1.29 is 13.9 Å². The average molecular weight is 511 g/mol. The quantitative estimate of drug-likeness (QED) is 0.335. The van der Waals surface area contributed by atoms with Gasteiger partial charge in [-0.1, -0.05) is 31.0 Å². The minimum Gasteiger partial charge on any atom is -0.486 e. The first-order chi connectivity index (χ1) is 18.8. The normalized spacial score (nSPS) is 18.7. The van der Waals surface area contributed by atoms with E-state index in [0.29, 0.717) is 13.2 Å². The van der Waals surface area contributed by atoms with Crippen molar-refractivity contribution in [3.8, 4) is 39.8 Å². The number of benzene rings is 2. The van der Waals surface area contributed by atoms with Crippen LogP contribution in [0.15, 0.2) is 71.5 Å². The van der Waals surface area contributed by atoms with E-state index in [1.807, 2.05) is 29.1 Å². The fourth-order valence-electron chi connectivity index (χ4n) is 6.18. The third-order valence-electron chi connectivity index (χ3n) is 8.23. The molecule has 1 aliphatic carbocycles. The summed E-state index contributed by atoms with van der Waals surface area (Å²) >= 11 is 0. The highest BCUT2D eigenvalue weighted by Crippen LogP contribution is 2.35. The Hall–Kier alpha value is -3.55. The summed E-state index contributed by atoms with van der Waals surface area (Å²) in [6.07, 6.45) is 9.30. The zero-order valence-electron chi connectivity index (χ0n) is 21.7. The van der Waals surface area contributed by atoms with Crippen LogP contribution in [0.2, 0.25) is 0 Å². The fourth-order valence-corrected chi connectivity index (χ4v) is 6.18. The summed E-state index contributed by atoms with van der Waals surface area (Å²) in [5.74, 6) is 2.46. The van der Waals surface area contributed by atoms with Gasteiger partial charge in [-0.25, -0.2) is 4.68 Å². The second kappa shape index (κ2) is 10.3. The van der Waals surface area contributed by atoms with Crippen molar-refractivity contribution in [2.45, 2.75) is 38.3 Å². The Kier molecular flexibility index (Phi) is 6.39. The number of hydrogen-bond acceptors (Lipinski definition) is 6. The van der Waals surface area contributed by atoms with Gasteiger partial charge in [0.15, 0.2) is 17.3 Å². The number of ether oxygens (including phenoxy) is 2. The second-order valence-electron chi connectivity index (χ2n) is 10.6. The van der Waals surface area contributed by atoms with Gasteiger partial charge in [0.2, 0.25) is 0 Å². The van der Waals surface area contributed by atoms with Crippen molar-refractivity contribution in [3.63, 3.8) is 0 Å². The maximum absolute atomic E-state index is 5.89. The van der Waals surface area contributed by atoms with Gasteiger partial charge in [-0.15, -0.1) is 0 Å². The molecule has 0 N–H and O–H groups in total. The molecule has 2 fully saturated rings. The highest BCUT2D eigenvalue weighted by molar-refractivity contribution is 5.69. The number of aromatic nitrogens is 2. The van der Waals surface area contributed by atoms with E-state index in [4.69, 9.17) is 19.0 Å². The molecule has 4 aromatic rings. The van der Waals surface area contributed by atoms with Crippen molar-refractivity contribution >= 4 is 0 Å². The molecule has 0 unspecified atom stereocenters. The predicted molar refractivity (Wildman–Crippen MR) is 147 cm³/mol. The molecule has 7 nitrogen and oxygen atoms in total. The largest absolute Gasteiger partial charge is 0.486 e. The summed E-state index contributed by atoms with van der Waals surface area (Å²) in [5, 5.41) is 4.83. The van der Waals surface area contributed by atoms with Crippen LogP contribution >= 0.6 is 0 Å². The van der Waals surface area contributed by atoms with Gasteiger partial charge >= 0.3 is 0 Å². The summed E-state index contributed by atoms with van der Waals surface area (Å²) in [5.41, 5.74) is 5.46. The molecule has 1 saturated heterocycles. The number of nitrogens with zero attached hydrogens (tertiary/aromatic N) is 4. The molecule has 0 atom stereocenters. The zero-order chi connectivity index (χ0) is 25.3. The number of piperazine rings is 1. The van der Waals surface area contributed by atoms with Gasteiger partial charge in [0, 0.05) is 44.3 Å². The van der Waals surface area contributed by atoms with Crippen LogP contribution in [0.3, 0.4) is 0 Å². The lowest BCUT2D eigenvalue weighted by Gasteiger charge is -2.38. The highest BCUT2D eigenvalue weighted by Gasteiger charge is 2.27. The molecule has 4 heterocycles. The molecule has 1 saturated carbocycles. The maximum atomic E-state index is 5.89. The van der Waals surface area contributed by atoms with Crippen molar-refractivity contribution in [1.82, 2.24) is 19.6 Å². The van der Waals surface area contributed by atoms with Gasteiger partial charge in [-0.3, -0.25) is 9.80 Å². The lowest BCUT2D eigenvalue weighted by Crippen LogP contribution is -2.49. The van der Waals surface area contributed by atoms with E-state index in [-0.39, 0.29) is 0 Å². The molecule has 7 rings (SSSR count). The summed E-state index contributed by atoms with van der Waals surface area (Å²) in [6, 6.07) is 19.4. The molecular weight excluding hydrogens is 476 g/mol. The van der Waals surface area contributed by atoms with Gasteiger partial charge in [0.25, 0.3) is 0 Å². The Morgan fingerprint density at radius 3 is 2.34 bits per heavy atom. The van der Waals surface area contributed by atoms with Crippen LogP contribution in [0.1, 0.15) is 31.2 Å². The third kappa shape index (κ3) is 4.61. The molecule has 0 bridgehead atoms. The van der Waals surface area contributed by atoms with Crippen LogP contribution in [0.25, 0.3) is 28.3 Å². The Bertz CT molecular complexity index is 1360. The first-order valence-electron chi connectivity index (χ1n) is 13.9. The van der Waals surface area contributed by atoms with Crippen molar-refractivity contribution in [1.29, 1.82) is 0 Å². The number of furan rings is 1. The topological polar surface area (TPSA) is 55.9 Å². The van der Waals surface area contributed by atoms with Crippen LogP contribution in [0, 0.1) is 0 Å². The summed E-state index contributed by atoms with van der Waals surface area (Å²) in [7, 11) is 0. The zero-order valence-corrected chi connectivity index (χ0v) is 21.7.